The van der Waals surface area contributed by atoms with E-state index in [1.165, 1.54) is 11.1 Å². The number of hydrogen-bond acceptors (Lipinski definition) is 6. The van der Waals surface area contributed by atoms with Gasteiger partial charge < -0.3 is 31.0 Å². The molecule has 0 radical (unpaired) electrons. The SMILES string of the molecule is N=C/C(=C\N)c1ccc(C(=O)N(Cc2ccccc2OCCCCCC(=O)O)C(O)c2ccccc2)cc1. The molecule has 3 rings (SSSR count). The molecule has 0 aliphatic heterocycles. The first-order valence-electron chi connectivity index (χ1n) is 12.4. The molecule has 0 aliphatic carbocycles. The minimum absolute atomic E-state index is 0.0975. The van der Waals surface area contributed by atoms with E-state index in [-0.39, 0.29) is 18.9 Å². The number of unbranched alkanes of at least 4 members (excludes halogenated alkanes) is 2. The van der Waals surface area contributed by atoms with Gasteiger partial charge >= 0.3 is 5.97 Å². The van der Waals surface area contributed by atoms with Crippen molar-refractivity contribution in [1.29, 1.82) is 5.41 Å². The number of amides is 1. The third kappa shape index (κ3) is 7.78. The maximum Gasteiger partial charge on any atom is 0.303 e. The number of ether oxygens (including phenoxy) is 1. The van der Waals surface area contributed by atoms with Crippen LogP contribution in [0.5, 0.6) is 5.75 Å². The van der Waals surface area contributed by atoms with Crippen molar-refractivity contribution in [1.82, 2.24) is 4.90 Å². The fourth-order valence-electron chi connectivity index (χ4n) is 3.97. The highest BCUT2D eigenvalue weighted by Crippen LogP contribution is 2.27. The van der Waals surface area contributed by atoms with Crippen molar-refractivity contribution in [2.45, 2.75) is 38.5 Å². The molecule has 198 valence electrons. The van der Waals surface area contributed by atoms with E-state index in [0.717, 1.165) is 18.2 Å². The largest absolute Gasteiger partial charge is 0.493 e. The van der Waals surface area contributed by atoms with E-state index in [9.17, 15) is 14.7 Å². The van der Waals surface area contributed by atoms with E-state index in [4.69, 9.17) is 21.0 Å². The Bertz CT molecular complexity index is 1240. The molecule has 0 saturated carbocycles. The molecule has 0 fully saturated rings. The van der Waals surface area contributed by atoms with Gasteiger partial charge in [-0.15, -0.1) is 0 Å². The van der Waals surface area contributed by atoms with Gasteiger partial charge in [0.2, 0.25) is 0 Å². The number of carboxylic acids is 1. The third-order valence-corrected chi connectivity index (χ3v) is 6.06. The molecule has 1 unspecified atom stereocenters. The van der Waals surface area contributed by atoms with Gasteiger partial charge in [-0.3, -0.25) is 9.59 Å². The number of hydrogen-bond donors (Lipinski definition) is 4. The molecule has 38 heavy (non-hydrogen) atoms. The van der Waals surface area contributed by atoms with Gasteiger partial charge in [-0.25, -0.2) is 0 Å². The molecule has 0 heterocycles. The maximum atomic E-state index is 13.7. The standard InChI is InChI=1S/C30H33N3O5/c31-19-26(20-32)22-14-16-24(17-15-22)30(37)33(29(36)23-9-3-1-4-10-23)21-25-11-6-7-12-27(25)38-18-8-2-5-13-28(34)35/h1,3-4,6-7,9-12,14-17,19-20,29,31,36H,2,5,8,13,18,21,32H2,(H,34,35)/b26-20+,31-19?. The number of carbonyl (C=O) groups excluding carboxylic acids is 1. The summed E-state index contributed by atoms with van der Waals surface area (Å²) in [7, 11) is 0. The van der Waals surface area contributed by atoms with Crippen molar-refractivity contribution in [3.63, 3.8) is 0 Å². The van der Waals surface area contributed by atoms with Crippen LogP contribution in [0, 0.1) is 5.41 Å². The molecule has 5 N–H and O–H groups in total. The van der Waals surface area contributed by atoms with Crippen LogP contribution in [-0.4, -0.2) is 39.8 Å². The second-order valence-electron chi connectivity index (χ2n) is 8.72. The van der Waals surface area contributed by atoms with Crippen molar-refractivity contribution >= 4 is 23.7 Å². The van der Waals surface area contributed by atoms with Gasteiger partial charge in [0.05, 0.1) is 13.2 Å². The molecule has 3 aromatic rings. The zero-order valence-corrected chi connectivity index (χ0v) is 21.1. The topological polar surface area (TPSA) is 137 Å². The minimum Gasteiger partial charge on any atom is -0.493 e. The summed E-state index contributed by atoms with van der Waals surface area (Å²) in [4.78, 5) is 25.8. The highest BCUT2D eigenvalue weighted by Gasteiger charge is 2.26. The first-order valence-corrected chi connectivity index (χ1v) is 12.4. The number of aliphatic hydroxyl groups excluding tert-OH is 1. The van der Waals surface area contributed by atoms with Crippen molar-refractivity contribution in [3.8, 4) is 5.75 Å². The summed E-state index contributed by atoms with van der Waals surface area (Å²) in [5.41, 5.74) is 8.49. The smallest absolute Gasteiger partial charge is 0.303 e. The monoisotopic (exact) mass is 515 g/mol. The highest BCUT2D eigenvalue weighted by atomic mass is 16.5. The van der Waals surface area contributed by atoms with Crippen LogP contribution in [0.15, 0.2) is 85.1 Å². The summed E-state index contributed by atoms with van der Waals surface area (Å²) in [6.45, 7) is 0.511. The van der Waals surface area contributed by atoms with Gasteiger partial charge in [-0.2, -0.15) is 0 Å². The second-order valence-corrected chi connectivity index (χ2v) is 8.72. The van der Waals surface area contributed by atoms with Gasteiger partial charge in [0.25, 0.3) is 5.91 Å². The minimum atomic E-state index is -1.20. The predicted molar refractivity (Wildman–Crippen MR) is 147 cm³/mol. The zero-order chi connectivity index (χ0) is 27.3. The lowest BCUT2D eigenvalue weighted by molar-refractivity contribution is -0.137. The maximum absolute atomic E-state index is 13.7. The molecule has 1 atom stereocenters. The van der Waals surface area contributed by atoms with E-state index in [1.807, 2.05) is 30.3 Å². The van der Waals surface area contributed by atoms with Crippen LogP contribution in [-0.2, 0) is 11.3 Å². The molecule has 0 bridgehead atoms. The number of benzene rings is 3. The van der Waals surface area contributed by atoms with Gasteiger partial charge in [0.15, 0.2) is 6.23 Å². The lowest BCUT2D eigenvalue weighted by atomic mass is 10.0. The van der Waals surface area contributed by atoms with Crippen LogP contribution in [0.25, 0.3) is 5.57 Å². The quantitative estimate of drug-likeness (QED) is 0.136. The molecule has 0 spiro atoms. The Morgan fingerprint density at radius 1 is 0.921 bits per heavy atom. The summed E-state index contributed by atoms with van der Waals surface area (Å²) >= 11 is 0. The Kier molecular flexibility index (Phi) is 10.6. The lowest BCUT2D eigenvalue weighted by Gasteiger charge is -2.29. The first-order chi connectivity index (χ1) is 18.4. The Balaban J connectivity index is 1.82. The molecule has 8 nitrogen and oxygen atoms in total. The Morgan fingerprint density at radius 3 is 2.24 bits per heavy atom. The van der Waals surface area contributed by atoms with Gasteiger partial charge in [-0.1, -0.05) is 60.7 Å². The zero-order valence-electron chi connectivity index (χ0n) is 21.1. The van der Waals surface area contributed by atoms with Crippen LogP contribution in [0.1, 0.15) is 59.0 Å². The predicted octanol–water partition coefficient (Wildman–Crippen LogP) is 4.99. The van der Waals surface area contributed by atoms with E-state index in [2.05, 4.69) is 0 Å². The lowest BCUT2D eigenvalue weighted by Crippen LogP contribution is -2.34. The summed E-state index contributed by atoms with van der Waals surface area (Å²) in [6, 6.07) is 23.0. The summed E-state index contributed by atoms with van der Waals surface area (Å²) < 4.78 is 5.98. The molecule has 0 aliphatic rings. The van der Waals surface area contributed by atoms with E-state index in [0.29, 0.717) is 47.5 Å². The van der Waals surface area contributed by atoms with Crippen LogP contribution in [0.4, 0.5) is 0 Å². The molecule has 0 aromatic heterocycles. The number of allylic oxidation sites excluding steroid dienone is 1. The molecule has 3 aromatic carbocycles. The number of aliphatic hydroxyl groups is 1. The number of nitrogens with one attached hydrogen (secondary N) is 1. The summed E-state index contributed by atoms with van der Waals surface area (Å²) in [5, 5.41) is 27.5. The number of aliphatic carboxylic acids is 1. The van der Waals surface area contributed by atoms with Crippen molar-refractivity contribution < 1.29 is 24.5 Å². The normalized spacial score (nSPS) is 12.0. The molecule has 0 saturated heterocycles. The number of rotatable bonds is 14. The Morgan fingerprint density at radius 2 is 1.58 bits per heavy atom. The molecular weight excluding hydrogens is 482 g/mol. The van der Waals surface area contributed by atoms with Crippen LogP contribution in [0.2, 0.25) is 0 Å². The van der Waals surface area contributed by atoms with E-state index < -0.39 is 12.2 Å². The number of para-hydroxylation sites is 1. The van der Waals surface area contributed by atoms with E-state index in [1.54, 1.807) is 48.5 Å². The fourth-order valence-corrected chi connectivity index (χ4v) is 3.97. The van der Waals surface area contributed by atoms with Crippen LogP contribution >= 0.6 is 0 Å². The average Bonchev–Trinajstić information content (AvgIpc) is 2.95. The van der Waals surface area contributed by atoms with Crippen molar-refractivity contribution in [2.24, 2.45) is 5.73 Å². The number of nitrogens with zero attached hydrogens (tertiary/aromatic N) is 1. The summed E-state index contributed by atoms with van der Waals surface area (Å²) in [5.74, 6) is -0.578. The molecule has 1 amide bonds. The van der Waals surface area contributed by atoms with Gasteiger partial charge in [0.1, 0.15) is 5.75 Å². The van der Waals surface area contributed by atoms with Gasteiger partial charge in [-0.05, 0) is 43.0 Å². The Labute approximate surface area is 222 Å². The van der Waals surface area contributed by atoms with Crippen LogP contribution < -0.4 is 10.5 Å². The van der Waals surface area contributed by atoms with Crippen molar-refractivity contribution in [2.75, 3.05) is 6.61 Å². The summed E-state index contributed by atoms with van der Waals surface area (Å²) in [6.07, 6.45) is 3.45. The number of nitrogens with two attached hydrogens (primary N) is 1. The number of carbonyl (C=O) groups is 2. The second kappa shape index (κ2) is 14.3. The molecule has 8 heteroatoms. The van der Waals surface area contributed by atoms with E-state index >= 15 is 0 Å². The van der Waals surface area contributed by atoms with Gasteiger partial charge in [0, 0.05) is 41.1 Å². The molecular formula is C30H33N3O5. The van der Waals surface area contributed by atoms with Crippen molar-refractivity contribution in [3.05, 3.63) is 107 Å². The highest BCUT2D eigenvalue weighted by molar-refractivity contribution is 6.08. The average molecular weight is 516 g/mol. The Hall–Kier alpha value is -4.43. The fraction of sp³-hybridized carbons (Fsp3) is 0.233. The first kappa shape index (κ1) is 28.1. The third-order valence-electron chi connectivity index (χ3n) is 6.06. The number of carboxylic acid groups (broad SMARTS) is 1. The van der Waals surface area contributed by atoms with Crippen LogP contribution in [0.3, 0.4) is 0 Å².